The standard InChI is InChI=1S/C14H21N3O3/c1-20-13-5-4-10(15)7-12(13)16-14(19)9-17-6-2-3-11(18)8-17/h4-5,7,11,18H,2-3,6,8-9,15H2,1H3,(H,16,19). The number of nitrogen functional groups attached to an aromatic ring is 1. The lowest BCUT2D eigenvalue weighted by molar-refractivity contribution is -0.118. The van der Waals surface area contributed by atoms with Crippen LogP contribution in [0.4, 0.5) is 11.4 Å². The molecule has 1 unspecified atom stereocenters. The van der Waals surface area contributed by atoms with E-state index in [4.69, 9.17) is 10.5 Å². The second kappa shape index (κ2) is 6.58. The van der Waals surface area contributed by atoms with E-state index in [0.717, 1.165) is 19.4 Å². The topological polar surface area (TPSA) is 87.8 Å². The number of rotatable bonds is 4. The van der Waals surface area contributed by atoms with Crippen LogP contribution in [0.5, 0.6) is 5.75 Å². The fourth-order valence-corrected chi connectivity index (χ4v) is 2.39. The lowest BCUT2D eigenvalue weighted by Crippen LogP contribution is -2.42. The van der Waals surface area contributed by atoms with Crippen LogP contribution >= 0.6 is 0 Å². The van der Waals surface area contributed by atoms with Crippen LogP contribution in [0, 0.1) is 0 Å². The van der Waals surface area contributed by atoms with Crippen molar-refractivity contribution in [2.24, 2.45) is 0 Å². The van der Waals surface area contributed by atoms with Gasteiger partial charge in [0.15, 0.2) is 0 Å². The van der Waals surface area contributed by atoms with Crippen LogP contribution in [-0.4, -0.2) is 48.8 Å². The maximum absolute atomic E-state index is 12.0. The third-order valence-electron chi connectivity index (χ3n) is 3.35. The molecule has 1 heterocycles. The summed E-state index contributed by atoms with van der Waals surface area (Å²) >= 11 is 0. The molecule has 0 saturated carbocycles. The molecule has 1 fully saturated rings. The first kappa shape index (κ1) is 14.6. The molecule has 1 saturated heterocycles. The molecule has 0 aliphatic carbocycles. The van der Waals surface area contributed by atoms with E-state index in [0.29, 0.717) is 23.7 Å². The monoisotopic (exact) mass is 279 g/mol. The molecule has 1 aromatic rings. The largest absolute Gasteiger partial charge is 0.495 e. The van der Waals surface area contributed by atoms with Crippen molar-refractivity contribution < 1.29 is 14.6 Å². The molecule has 1 aliphatic rings. The minimum atomic E-state index is -0.335. The molecular formula is C14H21N3O3. The number of anilines is 2. The van der Waals surface area contributed by atoms with Crippen LogP contribution in [0.1, 0.15) is 12.8 Å². The van der Waals surface area contributed by atoms with Gasteiger partial charge in [-0.2, -0.15) is 0 Å². The zero-order valence-corrected chi connectivity index (χ0v) is 11.6. The minimum Gasteiger partial charge on any atom is -0.495 e. The number of nitrogens with one attached hydrogen (secondary N) is 1. The fourth-order valence-electron chi connectivity index (χ4n) is 2.39. The van der Waals surface area contributed by atoms with Crippen molar-refractivity contribution in [3.8, 4) is 5.75 Å². The van der Waals surface area contributed by atoms with E-state index in [1.165, 1.54) is 0 Å². The van der Waals surface area contributed by atoms with Gasteiger partial charge in [-0.25, -0.2) is 0 Å². The van der Waals surface area contributed by atoms with Gasteiger partial charge in [-0.05, 0) is 37.6 Å². The third-order valence-corrected chi connectivity index (χ3v) is 3.35. The molecule has 110 valence electrons. The quantitative estimate of drug-likeness (QED) is 0.705. The van der Waals surface area contributed by atoms with Crippen LogP contribution in [0.15, 0.2) is 18.2 Å². The Morgan fingerprint density at radius 2 is 2.40 bits per heavy atom. The Kier molecular flexibility index (Phi) is 4.81. The van der Waals surface area contributed by atoms with Gasteiger partial charge >= 0.3 is 0 Å². The molecule has 0 spiro atoms. The maximum Gasteiger partial charge on any atom is 0.238 e. The molecule has 1 amide bonds. The summed E-state index contributed by atoms with van der Waals surface area (Å²) in [5.74, 6) is 0.439. The Hall–Kier alpha value is -1.79. The number of likely N-dealkylation sites (tertiary alicyclic amines) is 1. The number of amides is 1. The van der Waals surface area contributed by atoms with E-state index >= 15 is 0 Å². The molecule has 2 rings (SSSR count). The number of piperidine rings is 1. The van der Waals surface area contributed by atoms with Gasteiger partial charge in [-0.1, -0.05) is 0 Å². The number of nitrogens with zero attached hydrogens (tertiary/aromatic N) is 1. The summed E-state index contributed by atoms with van der Waals surface area (Å²) in [6.45, 7) is 1.63. The van der Waals surface area contributed by atoms with Gasteiger partial charge in [-0.15, -0.1) is 0 Å². The van der Waals surface area contributed by atoms with Crippen molar-refractivity contribution >= 4 is 17.3 Å². The number of carbonyl (C=O) groups excluding carboxylic acids is 1. The van der Waals surface area contributed by atoms with Crippen molar-refractivity contribution in [3.63, 3.8) is 0 Å². The number of benzene rings is 1. The number of aliphatic hydroxyl groups excluding tert-OH is 1. The Balaban J connectivity index is 1.95. The molecule has 1 aliphatic heterocycles. The molecule has 1 atom stereocenters. The maximum atomic E-state index is 12.0. The first-order chi connectivity index (χ1) is 9.58. The van der Waals surface area contributed by atoms with Gasteiger partial charge in [0.2, 0.25) is 5.91 Å². The number of ether oxygens (including phenoxy) is 1. The average Bonchev–Trinajstić information content (AvgIpc) is 2.38. The van der Waals surface area contributed by atoms with E-state index in [1.54, 1.807) is 25.3 Å². The zero-order chi connectivity index (χ0) is 14.5. The number of nitrogens with two attached hydrogens (primary N) is 1. The Morgan fingerprint density at radius 3 is 3.10 bits per heavy atom. The molecule has 0 bridgehead atoms. The molecule has 20 heavy (non-hydrogen) atoms. The summed E-state index contributed by atoms with van der Waals surface area (Å²) in [5.41, 5.74) is 6.84. The number of hydrogen-bond donors (Lipinski definition) is 3. The summed E-state index contributed by atoms with van der Waals surface area (Å²) in [5, 5.41) is 12.4. The molecule has 0 aromatic heterocycles. The highest BCUT2D eigenvalue weighted by atomic mass is 16.5. The van der Waals surface area contributed by atoms with E-state index in [2.05, 4.69) is 5.32 Å². The smallest absolute Gasteiger partial charge is 0.238 e. The van der Waals surface area contributed by atoms with Crippen molar-refractivity contribution in [2.45, 2.75) is 18.9 Å². The van der Waals surface area contributed by atoms with E-state index in [1.807, 2.05) is 4.90 Å². The van der Waals surface area contributed by atoms with Crippen molar-refractivity contribution in [3.05, 3.63) is 18.2 Å². The Bertz CT molecular complexity index is 479. The minimum absolute atomic E-state index is 0.136. The van der Waals surface area contributed by atoms with Gasteiger partial charge in [0, 0.05) is 12.2 Å². The second-order valence-electron chi connectivity index (χ2n) is 5.04. The molecule has 6 heteroatoms. The van der Waals surface area contributed by atoms with Crippen LogP contribution in [0.25, 0.3) is 0 Å². The summed E-state index contributed by atoms with van der Waals surface area (Å²) in [6.07, 6.45) is 1.38. The Morgan fingerprint density at radius 1 is 1.60 bits per heavy atom. The van der Waals surface area contributed by atoms with Crippen LogP contribution < -0.4 is 15.8 Å². The number of β-amino-alcohol motifs (C(OH)–C–C–N with tert-alkyl or cyclic N) is 1. The van der Waals surface area contributed by atoms with Gasteiger partial charge < -0.3 is 20.9 Å². The predicted molar refractivity (Wildman–Crippen MR) is 77.7 cm³/mol. The molecule has 6 nitrogen and oxygen atoms in total. The number of methoxy groups -OCH3 is 1. The average molecular weight is 279 g/mol. The SMILES string of the molecule is COc1ccc(N)cc1NC(=O)CN1CCCC(O)C1. The van der Waals surface area contributed by atoms with Crippen LogP contribution in [0.2, 0.25) is 0 Å². The molecule has 1 aromatic carbocycles. The second-order valence-corrected chi connectivity index (χ2v) is 5.04. The normalized spacial score (nSPS) is 19.6. The zero-order valence-electron chi connectivity index (χ0n) is 11.6. The van der Waals surface area contributed by atoms with E-state index in [9.17, 15) is 9.90 Å². The number of carbonyl (C=O) groups is 1. The van der Waals surface area contributed by atoms with Gasteiger partial charge in [-0.3, -0.25) is 9.69 Å². The van der Waals surface area contributed by atoms with E-state index in [-0.39, 0.29) is 18.6 Å². The lowest BCUT2D eigenvalue weighted by Gasteiger charge is -2.29. The molecule has 0 radical (unpaired) electrons. The molecular weight excluding hydrogens is 258 g/mol. The number of aliphatic hydroxyl groups is 1. The lowest BCUT2D eigenvalue weighted by atomic mass is 10.1. The third kappa shape index (κ3) is 3.85. The van der Waals surface area contributed by atoms with Crippen molar-refractivity contribution in [1.82, 2.24) is 4.90 Å². The fraction of sp³-hybridized carbons (Fsp3) is 0.500. The number of hydrogen-bond acceptors (Lipinski definition) is 5. The van der Waals surface area contributed by atoms with Gasteiger partial charge in [0.1, 0.15) is 5.75 Å². The summed E-state index contributed by atoms with van der Waals surface area (Å²) in [6, 6.07) is 5.10. The summed E-state index contributed by atoms with van der Waals surface area (Å²) in [7, 11) is 1.54. The highest BCUT2D eigenvalue weighted by Crippen LogP contribution is 2.26. The summed E-state index contributed by atoms with van der Waals surface area (Å²) in [4.78, 5) is 14.0. The predicted octanol–water partition coefficient (Wildman–Crippen LogP) is 0.673. The first-order valence-electron chi connectivity index (χ1n) is 6.72. The van der Waals surface area contributed by atoms with Gasteiger partial charge in [0.25, 0.3) is 0 Å². The van der Waals surface area contributed by atoms with Crippen LogP contribution in [-0.2, 0) is 4.79 Å². The highest BCUT2D eigenvalue weighted by molar-refractivity contribution is 5.94. The van der Waals surface area contributed by atoms with Crippen LogP contribution in [0.3, 0.4) is 0 Å². The Labute approximate surface area is 118 Å². The van der Waals surface area contributed by atoms with Crippen molar-refractivity contribution in [2.75, 3.05) is 37.8 Å². The van der Waals surface area contributed by atoms with Gasteiger partial charge in [0.05, 0.1) is 25.4 Å². The van der Waals surface area contributed by atoms with Crippen molar-refractivity contribution in [1.29, 1.82) is 0 Å². The first-order valence-corrected chi connectivity index (χ1v) is 6.72. The van der Waals surface area contributed by atoms with E-state index < -0.39 is 0 Å². The summed E-state index contributed by atoms with van der Waals surface area (Å²) < 4.78 is 5.18. The highest BCUT2D eigenvalue weighted by Gasteiger charge is 2.20. The molecule has 4 N–H and O–H groups in total.